The Morgan fingerprint density at radius 3 is 2.70 bits per heavy atom. The van der Waals surface area contributed by atoms with E-state index in [1.807, 2.05) is 13.3 Å². The first-order valence-corrected chi connectivity index (χ1v) is 8.95. The number of piperidine rings is 1. The summed E-state index contributed by atoms with van der Waals surface area (Å²) in [5, 5.41) is 4.47. The van der Waals surface area contributed by atoms with Crippen molar-refractivity contribution in [2.75, 3.05) is 46.9 Å². The first kappa shape index (κ1) is 16.9. The highest BCUT2D eigenvalue weighted by Gasteiger charge is 2.46. The Labute approximate surface area is 140 Å². The number of hydrogen-bond acceptors (Lipinski definition) is 4. The third-order valence-corrected chi connectivity index (χ3v) is 5.79. The second kappa shape index (κ2) is 6.91. The predicted molar refractivity (Wildman–Crippen MR) is 92.4 cm³/mol. The fraction of sp³-hybridized carbons (Fsp3) is 0.833. The molecular formula is C18H32N4O. The van der Waals surface area contributed by atoms with Gasteiger partial charge in [0.2, 0.25) is 0 Å². The molecule has 3 heterocycles. The van der Waals surface area contributed by atoms with E-state index in [0.29, 0.717) is 17.4 Å². The summed E-state index contributed by atoms with van der Waals surface area (Å²) in [5.41, 5.74) is 1.82. The molecule has 23 heavy (non-hydrogen) atoms. The summed E-state index contributed by atoms with van der Waals surface area (Å²) in [6.45, 7) is 11.1. The van der Waals surface area contributed by atoms with Crippen molar-refractivity contribution in [2.45, 2.75) is 39.3 Å². The number of methoxy groups -OCH3 is 1. The summed E-state index contributed by atoms with van der Waals surface area (Å²) in [4.78, 5) is 5.08. The summed E-state index contributed by atoms with van der Waals surface area (Å²) in [6, 6.07) is 0.442. The molecule has 0 bridgehead atoms. The number of hydrogen-bond donors (Lipinski definition) is 0. The van der Waals surface area contributed by atoms with Crippen molar-refractivity contribution in [3.05, 3.63) is 18.0 Å². The number of rotatable bonds is 5. The topological polar surface area (TPSA) is 33.5 Å². The minimum Gasteiger partial charge on any atom is -0.384 e. The summed E-state index contributed by atoms with van der Waals surface area (Å²) in [5.74, 6) is 0.698. The molecule has 0 aliphatic carbocycles. The van der Waals surface area contributed by atoms with Crippen LogP contribution in [0.1, 0.15) is 38.3 Å². The van der Waals surface area contributed by atoms with E-state index in [1.54, 1.807) is 0 Å². The fourth-order valence-electron chi connectivity index (χ4n) is 4.45. The summed E-state index contributed by atoms with van der Waals surface area (Å²) in [7, 11) is 4.09. The van der Waals surface area contributed by atoms with Crippen LogP contribution in [0.4, 0.5) is 0 Å². The molecule has 1 aromatic heterocycles. The number of ether oxygens (including phenoxy) is 1. The molecule has 2 saturated heterocycles. The van der Waals surface area contributed by atoms with Gasteiger partial charge in [-0.05, 0) is 52.2 Å². The molecule has 0 N–H and O–H groups in total. The van der Waals surface area contributed by atoms with Crippen LogP contribution in [0.5, 0.6) is 0 Å². The maximum atomic E-state index is 5.50. The molecule has 2 aliphatic heterocycles. The van der Waals surface area contributed by atoms with Gasteiger partial charge in [0.25, 0.3) is 0 Å². The van der Waals surface area contributed by atoms with Gasteiger partial charge in [-0.25, -0.2) is 0 Å². The third-order valence-electron chi connectivity index (χ3n) is 5.79. The van der Waals surface area contributed by atoms with Crippen molar-refractivity contribution in [1.29, 1.82) is 0 Å². The largest absolute Gasteiger partial charge is 0.384 e. The van der Waals surface area contributed by atoms with Crippen LogP contribution in [0.25, 0.3) is 0 Å². The molecule has 0 aromatic carbocycles. The Bertz CT molecular complexity index is 505. The molecule has 0 saturated carbocycles. The van der Waals surface area contributed by atoms with Crippen molar-refractivity contribution >= 4 is 0 Å². The van der Waals surface area contributed by atoms with Gasteiger partial charge in [-0.1, -0.05) is 0 Å². The van der Waals surface area contributed by atoms with Crippen LogP contribution < -0.4 is 0 Å². The van der Waals surface area contributed by atoms with E-state index in [0.717, 1.165) is 13.2 Å². The Balaban J connectivity index is 1.57. The Morgan fingerprint density at radius 1 is 1.35 bits per heavy atom. The zero-order valence-electron chi connectivity index (χ0n) is 15.2. The van der Waals surface area contributed by atoms with Crippen LogP contribution in [-0.4, -0.2) is 66.5 Å². The standard InChI is InChI=1S/C18H32N4O/c1-15(2)22-11-16(9-19-22)10-21-7-5-18(6-8-21)14-20(3)12-17(18)13-23-4/h9,11,15,17H,5-8,10,12-14H2,1-4H3. The smallest absolute Gasteiger partial charge is 0.0534 e. The molecule has 2 aliphatic rings. The predicted octanol–water partition coefficient (Wildman–Crippen LogP) is 2.25. The lowest BCUT2D eigenvalue weighted by Gasteiger charge is -2.42. The minimum absolute atomic E-state index is 0.442. The highest BCUT2D eigenvalue weighted by molar-refractivity contribution is 5.06. The molecule has 3 rings (SSSR count). The van der Waals surface area contributed by atoms with Crippen LogP contribution in [0.3, 0.4) is 0 Å². The molecule has 1 spiro atoms. The first-order valence-electron chi connectivity index (χ1n) is 8.95. The number of likely N-dealkylation sites (tertiary alicyclic amines) is 2. The summed E-state index contributed by atoms with van der Waals surface area (Å²) < 4.78 is 7.55. The van der Waals surface area contributed by atoms with Crippen molar-refractivity contribution in [1.82, 2.24) is 19.6 Å². The van der Waals surface area contributed by atoms with Crippen LogP contribution in [0.2, 0.25) is 0 Å². The molecule has 1 atom stereocenters. The van der Waals surface area contributed by atoms with E-state index < -0.39 is 0 Å². The lowest BCUT2D eigenvalue weighted by molar-refractivity contribution is 0.0354. The molecule has 0 amide bonds. The van der Waals surface area contributed by atoms with Gasteiger partial charge in [-0.2, -0.15) is 5.10 Å². The second-order valence-corrected chi connectivity index (χ2v) is 7.91. The van der Waals surface area contributed by atoms with Gasteiger partial charge in [0.15, 0.2) is 0 Å². The molecule has 2 fully saturated rings. The van der Waals surface area contributed by atoms with Gasteiger partial charge in [-0.3, -0.25) is 9.58 Å². The molecule has 1 unspecified atom stereocenters. The Morgan fingerprint density at radius 2 is 2.09 bits per heavy atom. The van der Waals surface area contributed by atoms with E-state index in [2.05, 4.69) is 46.7 Å². The summed E-state index contributed by atoms with van der Waals surface area (Å²) in [6.07, 6.45) is 6.82. The van der Waals surface area contributed by atoms with Gasteiger partial charge in [0.1, 0.15) is 0 Å². The monoisotopic (exact) mass is 320 g/mol. The molecule has 130 valence electrons. The van der Waals surface area contributed by atoms with E-state index in [1.165, 1.54) is 44.6 Å². The third kappa shape index (κ3) is 3.62. The quantitative estimate of drug-likeness (QED) is 0.833. The van der Waals surface area contributed by atoms with Gasteiger partial charge in [0.05, 0.1) is 12.8 Å². The SMILES string of the molecule is COCC1CN(C)CC12CCN(Cc1cnn(C(C)C)c1)CC2. The summed E-state index contributed by atoms with van der Waals surface area (Å²) >= 11 is 0. The highest BCUT2D eigenvalue weighted by Crippen LogP contribution is 2.44. The fourth-order valence-corrected chi connectivity index (χ4v) is 4.45. The van der Waals surface area contributed by atoms with Gasteiger partial charge >= 0.3 is 0 Å². The maximum Gasteiger partial charge on any atom is 0.0534 e. The first-order chi connectivity index (χ1) is 11.0. The van der Waals surface area contributed by atoms with Crippen molar-refractivity contribution in [2.24, 2.45) is 11.3 Å². The highest BCUT2D eigenvalue weighted by atomic mass is 16.5. The van der Waals surface area contributed by atoms with Crippen LogP contribution >= 0.6 is 0 Å². The second-order valence-electron chi connectivity index (χ2n) is 7.91. The van der Waals surface area contributed by atoms with E-state index >= 15 is 0 Å². The van der Waals surface area contributed by atoms with Crippen LogP contribution in [-0.2, 0) is 11.3 Å². The Hall–Kier alpha value is -0.910. The van der Waals surface area contributed by atoms with Crippen molar-refractivity contribution < 1.29 is 4.74 Å². The number of aromatic nitrogens is 2. The van der Waals surface area contributed by atoms with Crippen LogP contribution in [0.15, 0.2) is 12.4 Å². The van der Waals surface area contributed by atoms with Crippen molar-refractivity contribution in [3.8, 4) is 0 Å². The van der Waals surface area contributed by atoms with E-state index in [9.17, 15) is 0 Å². The van der Waals surface area contributed by atoms with Gasteiger partial charge in [-0.15, -0.1) is 0 Å². The molecule has 5 heteroatoms. The van der Waals surface area contributed by atoms with Crippen LogP contribution in [0, 0.1) is 11.3 Å². The lowest BCUT2D eigenvalue weighted by atomic mass is 9.71. The average molecular weight is 320 g/mol. The van der Waals surface area contributed by atoms with Gasteiger partial charge in [0, 0.05) is 50.5 Å². The van der Waals surface area contributed by atoms with E-state index in [-0.39, 0.29) is 0 Å². The lowest BCUT2D eigenvalue weighted by Crippen LogP contribution is -2.44. The zero-order chi connectivity index (χ0) is 16.4. The normalized spacial score (nSPS) is 25.7. The number of nitrogens with zero attached hydrogens (tertiary/aromatic N) is 4. The van der Waals surface area contributed by atoms with E-state index in [4.69, 9.17) is 4.74 Å². The average Bonchev–Trinajstić information content (AvgIpc) is 3.08. The molecule has 5 nitrogen and oxygen atoms in total. The zero-order valence-corrected chi connectivity index (χ0v) is 15.2. The minimum atomic E-state index is 0.442. The van der Waals surface area contributed by atoms with Crippen molar-refractivity contribution in [3.63, 3.8) is 0 Å². The molecular weight excluding hydrogens is 288 g/mol. The maximum absolute atomic E-state index is 5.50. The molecule has 1 aromatic rings. The Kier molecular flexibility index (Phi) is 5.09. The molecule has 0 radical (unpaired) electrons. The van der Waals surface area contributed by atoms with Gasteiger partial charge < -0.3 is 9.64 Å².